The van der Waals surface area contributed by atoms with Crippen molar-refractivity contribution in [3.63, 3.8) is 0 Å². The van der Waals surface area contributed by atoms with E-state index in [0.717, 1.165) is 18.6 Å². The lowest BCUT2D eigenvalue weighted by atomic mass is 10.2. The van der Waals surface area contributed by atoms with Crippen molar-refractivity contribution in [2.24, 2.45) is 0 Å². The molecule has 0 amide bonds. The van der Waals surface area contributed by atoms with Crippen LogP contribution in [-0.4, -0.2) is 31.5 Å². The molecule has 0 spiro atoms. The van der Waals surface area contributed by atoms with Crippen molar-refractivity contribution in [3.8, 4) is 0 Å². The molecule has 0 aliphatic rings. The lowest BCUT2D eigenvalue weighted by Crippen LogP contribution is -2.05. The second kappa shape index (κ2) is 12.4. The van der Waals surface area contributed by atoms with E-state index in [9.17, 15) is 9.36 Å². The molecular weight excluding hydrogens is 375 g/mol. The number of ether oxygens (including phenoxy) is 1. The number of rotatable bonds is 13. The maximum absolute atomic E-state index is 13.3. The molecule has 0 fully saturated rings. The molecule has 1 rings (SSSR count). The maximum Gasteiger partial charge on any atom is 0.362 e. The van der Waals surface area contributed by atoms with Crippen LogP contribution >= 0.6 is 19.4 Å². The van der Waals surface area contributed by atoms with Gasteiger partial charge in [-0.05, 0) is 39.0 Å². The van der Waals surface area contributed by atoms with Gasteiger partial charge in [0, 0.05) is 11.6 Å². The number of thioether (sulfide) groups is 1. The van der Waals surface area contributed by atoms with Crippen LogP contribution in [0.4, 0.5) is 0 Å². The Morgan fingerprint density at radius 2 is 1.88 bits per heavy atom. The molecule has 8 heteroatoms. The summed E-state index contributed by atoms with van der Waals surface area (Å²) in [6.07, 6.45) is 4.95. The summed E-state index contributed by atoms with van der Waals surface area (Å²) in [6.45, 7) is 7.91. The van der Waals surface area contributed by atoms with Gasteiger partial charge in [-0.3, -0.25) is 4.57 Å². The average Bonchev–Trinajstić information content (AvgIpc) is 3.05. The normalized spacial score (nSPS) is 12.4. The monoisotopic (exact) mass is 404 g/mol. The first kappa shape index (κ1) is 23.0. The second-order valence-electron chi connectivity index (χ2n) is 5.28. The molecule has 1 aromatic rings. The van der Waals surface area contributed by atoms with Gasteiger partial charge in [0.25, 0.3) is 0 Å². The Morgan fingerprint density at radius 1 is 1.19 bits per heavy atom. The Labute approximate surface area is 160 Å². The molecule has 0 N–H and O–H groups in total. The van der Waals surface area contributed by atoms with E-state index in [1.165, 1.54) is 12.3 Å². The molecule has 0 saturated carbocycles. The summed E-state index contributed by atoms with van der Waals surface area (Å²) in [5.41, 5.74) is 0.562. The lowest BCUT2D eigenvalue weighted by molar-refractivity contribution is -0.137. The van der Waals surface area contributed by atoms with Crippen molar-refractivity contribution in [1.29, 1.82) is 0 Å². The fourth-order valence-electron chi connectivity index (χ4n) is 2.21. The van der Waals surface area contributed by atoms with E-state index in [4.69, 9.17) is 18.2 Å². The van der Waals surface area contributed by atoms with Gasteiger partial charge in [0.15, 0.2) is 0 Å². The van der Waals surface area contributed by atoms with Crippen molar-refractivity contribution in [2.45, 2.75) is 46.3 Å². The van der Waals surface area contributed by atoms with Crippen LogP contribution in [-0.2, 0) is 28.9 Å². The fourth-order valence-corrected chi connectivity index (χ4v) is 5.04. The van der Waals surface area contributed by atoms with Gasteiger partial charge < -0.3 is 18.2 Å². The smallest absolute Gasteiger partial charge is 0.362 e. The van der Waals surface area contributed by atoms with Crippen LogP contribution in [0, 0.1) is 0 Å². The third kappa shape index (κ3) is 6.95. The van der Waals surface area contributed by atoms with Crippen LogP contribution in [0.25, 0.3) is 5.31 Å². The van der Waals surface area contributed by atoms with Crippen molar-refractivity contribution in [3.05, 3.63) is 29.7 Å². The molecule has 26 heavy (non-hydrogen) atoms. The number of esters is 1. The first-order valence-electron chi connectivity index (χ1n) is 8.94. The van der Waals surface area contributed by atoms with Gasteiger partial charge in [-0.15, -0.1) is 0 Å². The van der Waals surface area contributed by atoms with Gasteiger partial charge in [-0.1, -0.05) is 13.3 Å². The minimum Gasteiger partial charge on any atom is -0.468 e. The number of furan rings is 1. The zero-order chi connectivity index (χ0) is 19.4. The summed E-state index contributed by atoms with van der Waals surface area (Å²) in [7, 11) is -3.68. The average molecular weight is 404 g/mol. The standard InChI is InChI=1S/C18H29O6PS/c1-5-9-12-26-14-16-15(10-11-22-16)17(13-18(19)21-6-2)25(20,23-7-3)24-8-4/h10-11,13H,5-9,12,14H2,1-4H3. The Morgan fingerprint density at radius 3 is 2.46 bits per heavy atom. The van der Waals surface area contributed by atoms with Crippen molar-refractivity contribution in [2.75, 3.05) is 25.6 Å². The molecule has 0 aliphatic carbocycles. The summed E-state index contributed by atoms with van der Waals surface area (Å²) >= 11 is 1.73. The van der Waals surface area contributed by atoms with E-state index in [0.29, 0.717) is 17.1 Å². The minimum absolute atomic E-state index is 0.180. The highest BCUT2D eigenvalue weighted by molar-refractivity contribution is 7.98. The van der Waals surface area contributed by atoms with E-state index < -0.39 is 13.6 Å². The van der Waals surface area contributed by atoms with Crippen LogP contribution in [0.5, 0.6) is 0 Å². The third-order valence-corrected chi connectivity index (χ3v) is 6.53. The summed E-state index contributed by atoms with van der Waals surface area (Å²) in [4.78, 5) is 12.0. The molecular formula is C18H29O6PS. The van der Waals surface area contributed by atoms with Crippen LogP contribution in [0.1, 0.15) is 51.9 Å². The highest BCUT2D eigenvalue weighted by Crippen LogP contribution is 2.61. The predicted molar refractivity (Wildman–Crippen MR) is 105 cm³/mol. The van der Waals surface area contributed by atoms with E-state index in [1.54, 1.807) is 38.6 Å². The van der Waals surface area contributed by atoms with E-state index >= 15 is 0 Å². The highest BCUT2D eigenvalue weighted by Gasteiger charge is 2.34. The van der Waals surface area contributed by atoms with Gasteiger partial charge >= 0.3 is 13.6 Å². The number of carbonyl (C=O) groups excluding carboxylic acids is 1. The molecule has 0 unspecified atom stereocenters. The quantitative estimate of drug-likeness (QED) is 0.186. The summed E-state index contributed by atoms with van der Waals surface area (Å²) in [5.74, 6) is 1.66. The highest BCUT2D eigenvalue weighted by atomic mass is 32.2. The number of hydrogen-bond acceptors (Lipinski definition) is 7. The van der Waals surface area contributed by atoms with Gasteiger partial charge in [0.2, 0.25) is 0 Å². The third-order valence-electron chi connectivity index (χ3n) is 3.33. The van der Waals surface area contributed by atoms with Crippen LogP contribution in [0.15, 0.2) is 22.8 Å². The topological polar surface area (TPSA) is 75.0 Å². The van der Waals surface area contributed by atoms with E-state index in [1.807, 2.05) is 0 Å². The Bertz CT molecular complexity index is 615. The zero-order valence-electron chi connectivity index (χ0n) is 16.0. The van der Waals surface area contributed by atoms with Crippen molar-refractivity contribution < 1.29 is 27.6 Å². The predicted octanol–water partition coefficient (Wildman–Crippen LogP) is 5.48. The first-order chi connectivity index (χ1) is 12.5. The Kier molecular flexibility index (Phi) is 11.0. The zero-order valence-corrected chi connectivity index (χ0v) is 17.7. The molecule has 0 saturated heterocycles. The molecule has 0 aliphatic heterocycles. The van der Waals surface area contributed by atoms with Crippen LogP contribution in [0.2, 0.25) is 0 Å². The largest absolute Gasteiger partial charge is 0.468 e. The van der Waals surface area contributed by atoms with Crippen molar-refractivity contribution >= 4 is 30.6 Å². The number of hydrogen-bond donors (Lipinski definition) is 0. The summed E-state index contributed by atoms with van der Waals surface area (Å²) in [5, 5.41) is 0.180. The van der Waals surface area contributed by atoms with Crippen LogP contribution < -0.4 is 0 Å². The van der Waals surface area contributed by atoms with Gasteiger partial charge in [0.05, 0.1) is 37.2 Å². The van der Waals surface area contributed by atoms with E-state index in [-0.39, 0.29) is 25.1 Å². The molecule has 0 aromatic carbocycles. The molecule has 6 nitrogen and oxygen atoms in total. The molecule has 0 radical (unpaired) electrons. The lowest BCUT2D eigenvalue weighted by Gasteiger charge is -2.20. The SMILES string of the molecule is CCCCSCc1occc1C(=CC(=O)OCC)P(=O)(OCC)OCC. The Hall–Kier alpha value is -1.01. The molecule has 1 aromatic heterocycles. The first-order valence-corrected chi connectivity index (χ1v) is 11.6. The number of carbonyl (C=O) groups is 1. The second-order valence-corrected chi connectivity index (χ2v) is 8.38. The maximum atomic E-state index is 13.3. The minimum atomic E-state index is -3.68. The van der Waals surface area contributed by atoms with Gasteiger partial charge in [-0.25, -0.2) is 4.79 Å². The van der Waals surface area contributed by atoms with Crippen LogP contribution in [0.3, 0.4) is 0 Å². The summed E-state index contributed by atoms with van der Waals surface area (Å²) < 4.78 is 34.8. The molecule has 1 heterocycles. The molecule has 0 atom stereocenters. The number of unbranched alkanes of at least 4 members (excludes halogenated alkanes) is 1. The molecule has 0 bridgehead atoms. The fraction of sp³-hybridized carbons (Fsp3) is 0.611. The summed E-state index contributed by atoms with van der Waals surface area (Å²) in [6, 6.07) is 1.69. The Balaban J connectivity index is 3.23. The van der Waals surface area contributed by atoms with Crippen molar-refractivity contribution in [1.82, 2.24) is 0 Å². The van der Waals surface area contributed by atoms with E-state index in [2.05, 4.69) is 6.92 Å². The van der Waals surface area contributed by atoms with Gasteiger partial charge in [0.1, 0.15) is 5.76 Å². The molecule has 148 valence electrons. The van der Waals surface area contributed by atoms with Gasteiger partial charge in [-0.2, -0.15) is 11.8 Å².